The monoisotopic (exact) mass is 352 g/mol. The number of nitrogens with zero attached hydrogens (tertiary/aromatic N) is 2. The molecule has 1 aliphatic carbocycles. The van der Waals surface area contributed by atoms with E-state index in [0.717, 1.165) is 25.7 Å². The predicted octanol–water partition coefficient (Wildman–Crippen LogP) is 4.01. The Morgan fingerprint density at radius 1 is 1.29 bits per heavy atom. The average Bonchev–Trinajstić information content (AvgIpc) is 3.01. The molecular weight excluding hydrogens is 336 g/mol. The molecular formula is C15H17BrN2O3. The van der Waals surface area contributed by atoms with Crippen LogP contribution in [-0.2, 0) is 10.3 Å². The SMILES string of the molecule is COC1(c2noc(-c3ccc(Br)c(O)c3)n2)CCCCC1. The fourth-order valence-corrected chi connectivity index (χ4v) is 3.06. The van der Waals surface area contributed by atoms with E-state index in [1.807, 2.05) is 6.07 Å². The third kappa shape index (κ3) is 2.70. The summed E-state index contributed by atoms with van der Waals surface area (Å²) in [6, 6.07) is 5.17. The molecule has 0 atom stereocenters. The number of rotatable bonds is 3. The first-order valence-corrected chi connectivity index (χ1v) is 7.82. The molecule has 21 heavy (non-hydrogen) atoms. The lowest BCUT2D eigenvalue weighted by molar-refractivity contribution is -0.0527. The molecule has 1 N–H and O–H groups in total. The van der Waals surface area contributed by atoms with Crippen LogP contribution < -0.4 is 0 Å². The van der Waals surface area contributed by atoms with Crippen LogP contribution in [0.3, 0.4) is 0 Å². The summed E-state index contributed by atoms with van der Waals surface area (Å²) in [5.74, 6) is 1.14. The molecule has 0 aliphatic heterocycles. The van der Waals surface area contributed by atoms with Gasteiger partial charge in [-0.3, -0.25) is 0 Å². The Morgan fingerprint density at radius 3 is 2.71 bits per heavy atom. The van der Waals surface area contributed by atoms with Crippen molar-refractivity contribution in [2.24, 2.45) is 0 Å². The van der Waals surface area contributed by atoms with Gasteiger partial charge in [0.15, 0.2) is 0 Å². The van der Waals surface area contributed by atoms with Crippen LogP contribution in [-0.4, -0.2) is 22.4 Å². The Kier molecular flexibility index (Phi) is 3.99. The normalized spacial score (nSPS) is 17.8. The Morgan fingerprint density at radius 2 is 2.05 bits per heavy atom. The van der Waals surface area contributed by atoms with E-state index in [4.69, 9.17) is 9.26 Å². The molecule has 1 aromatic heterocycles. The predicted molar refractivity (Wildman–Crippen MR) is 80.9 cm³/mol. The number of hydrogen-bond donors (Lipinski definition) is 1. The Balaban J connectivity index is 1.93. The minimum Gasteiger partial charge on any atom is -0.507 e. The molecule has 1 aromatic carbocycles. The quantitative estimate of drug-likeness (QED) is 0.903. The molecule has 0 unspecified atom stereocenters. The molecule has 0 spiro atoms. The first-order chi connectivity index (χ1) is 10.1. The van der Waals surface area contributed by atoms with E-state index < -0.39 is 5.60 Å². The number of halogens is 1. The van der Waals surface area contributed by atoms with Gasteiger partial charge in [0, 0.05) is 12.7 Å². The van der Waals surface area contributed by atoms with Crippen LogP contribution in [0.4, 0.5) is 0 Å². The maximum atomic E-state index is 9.75. The van der Waals surface area contributed by atoms with Crippen molar-refractivity contribution in [3.63, 3.8) is 0 Å². The second-order valence-electron chi connectivity index (χ2n) is 5.35. The van der Waals surface area contributed by atoms with Gasteiger partial charge in [-0.15, -0.1) is 0 Å². The Labute approximate surface area is 131 Å². The summed E-state index contributed by atoms with van der Waals surface area (Å²) in [5.41, 5.74) is 0.258. The minimum atomic E-state index is -0.433. The van der Waals surface area contributed by atoms with Gasteiger partial charge in [-0.1, -0.05) is 24.4 Å². The lowest BCUT2D eigenvalue weighted by atomic mass is 9.84. The van der Waals surface area contributed by atoms with E-state index in [1.54, 1.807) is 19.2 Å². The van der Waals surface area contributed by atoms with Crippen molar-refractivity contribution in [2.45, 2.75) is 37.7 Å². The molecule has 1 aliphatic rings. The van der Waals surface area contributed by atoms with Gasteiger partial charge in [0.2, 0.25) is 5.82 Å². The van der Waals surface area contributed by atoms with Gasteiger partial charge >= 0.3 is 0 Å². The Bertz CT molecular complexity index is 636. The smallest absolute Gasteiger partial charge is 0.258 e. The van der Waals surface area contributed by atoms with Crippen LogP contribution in [0.1, 0.15) is 37.9 Å². The van der Waals surface area contributed by atoms with E-state index in [1.165, 1.54) is 6.42 Å². The molecule has 3 rings (SSSR count). The van der Waals surface area contributed by atoms with Gasteiger partial charge in [0.1, 0.15) is 11.4 Å². The average molecular weight is 353 g/mol. The standard InChI is InChI=1S/C15H17BrN2O3/c1-20-15(7-3-2-4-8-15)14-17-13(21-18-14)10-5-6-11(16)12(19)9-10/h5-6,9,19H,2-4,7-8H2,1H3. The van der Waals surface area contributed by atoms with Gasteiger partial charge in [0.25, 0.3) is 5.89 Å². The van der Waals surface area contributed by atoms with E-state index in [0.29, 0.717) is 21.8 Å². The summed E-state index contributed by atoms with van der Waals surface area (Å²) < 4.78 is 11.7. The van der Waals surface area contributed by atoms with Gasteiger partial charge in [-0.05, 0) is 47.0 Å². The summed E-state index contributed by atoms with van der Waals surface area (Å²) in [4.78, 5) is 4.49. The van der Waals surface area contributed by atoms with Crippen LogP contribution in [0, 0.1) is 0 Å². The van der Waals surface area contributed by atoms with Crippen LogP contribution >= 0.6 is 15.9 Å². The van der Waals surface area contributed by atoms with Gasteiger partial charge in [-0.2, -0.15) is 4.98 Å². The van der Waals surface area contributed by atoms with Crippen LogP contribution in [0.25, 0.3) is 11.5 Å². The largest absolute Gasteiger partial charge is 0.507 e. The maximum absolute atomic E-state index is 9.75. The van der Waals surface area contributed by atoms with Gasteiger partial charge in [-0.25, -0.2) is 0 Å². The molecule has 5 nitrogen and oxygen atoms in total. The van der Waals surface area contributed by atoms with E-state index in [9.17, 15) is 5.11 Å². The number of phenolic OH excluding ortho intramolecular Hbond substituents is 1. The minimum absolute atomic E-state index is 0.145. The van der Waals surface area contributed by atoms with Crippen molar-refractivity contribution in [3.8, 4) is 17.2 Å². The number of phenols is 1. The first kappa shape index (κ1) is 14.5. The second-order valence-corrected chi connectivity index (χ2v) is 6.20. The zero-order chi connectivity index (χ0) is 14.9. The van der Waals surface area contributed by atoms with E-state index in [-0.39, 0.29) is 5.75 Å². The first-order valence-electron chi connectivity index (χ1n) is 7.03. The fourth-order valence-electron chi connectivity index (χ4n) is 2.81. The van der Waals surface area contributed by atoms with E-state index in [2.05, 4.69) is 26.1 Å². The highest BCUT2D eigenvalue weighted by Crippen LogP contribution is 2.39. The lowest BCUT2D eigenvalue weighted by Crippen LogP contribution is -2.32. The van der Waals surface area contributed by atoms with Crippen molar-refractivity contribution < 1.29 is 14.4 Å². The molecule has 1 saturated carbocycles. The van der Waals surface area contributed by atoms with Gasteiger partial charge < -0.3 is 14.4 Å². The molecule has 0 saturated heterocycles. The molecule has 0 bridgehead atoms. The fraction of sp³-hybridized carbons (Fsp3) is 0.467. The van der Waals surface area contributed by atoms with Crippen LogP contribution in [0.15, 0.2) is 27.2 Å². The molecule has 0 amide bonds. The zero-order valence-corrected chi connectivity index (χ0v) is 13.4. The number of hydrogen-bond acceptors (Lipinski definition) is 5. The van der Waals surface area contributed by atoms with Crippen LogP contribution in [0.2, 0.25) is 0 Å². The number of benzene rings is 1. The lowest BCUT2D eigenvalue weighted by Gasteiger charge is -2.32. The highest BCUT2D eigenvalue weighted by atomic mass is 79.9. The number of aromatic hydroxyl groups is 1. The van der Waals surface area contributed by atoms with Crippen LogP contribution in [0.5, 0.6) is 5.75 Å². The summed E-state index contributed by atoms with van der Waals surface area (Å²) in [6.07, 6.45) is 5.26. The van der Waals surface area contributed by atoms with Crippen molar-refractivity contribution in [1.82, 2.24) is 10.1 Å². The highest BCUT2D eigenvalue weighted by molar-refractivity contribution is 9.10. The number of ether oxygens (including phenoxy) is 1. The van der Waals surface area contributed by atoms with Crippen molar-refractivity contribution in [3.05, 3.63) is 28.5 Å². The second kappa shape index (κ2) is 5.77. The third-order valence-electron chi connectivity index (χ3n) is 4.08. The molecule has 1 fully saturated rings. The summed E-state index contributed by atoms with van der Waals surface area (Å²) in [5, 5.41) is 13.9. The zero-order valence-electron chi connectivity index (χ0n) is 11.8. The van der Waals surface area contributed by atoms with E-state index >= 15 is 0 Å². The molecule has 112 valence electrons. The maximum Gasteiger partial charge on any atom is 0.258 e. The molecule has 0 radical (unpaired) electrons. The Hall–Kier alpha value is -1.40. The van der Waals surface area contributed by atoms with Crippen molar-refractivity contribution in [1.29, 1.82) is 0 Å². The summed E-state index contributed by atoms with van der Waals surface area (Å²) >= 11 is 3.25. The van der Waals surface area contributed by atoms with Gasteiger partial charge in [0.05, 0.1) is 4.47 Å². The third-order valence-corrected chi connectivity index (χ3v) is 4.75. The summed E-state index contributed by atoms with van der Waals surface area (Å²) in [7, 11) is 1.70. The number of methoxy groups -OCH3 is 1. The molecule has 1 heterocycles. The number of aromatic nitrogens is 2. The highest BCUT2D eigenvalue weighted by Gasteiger charge is 2.38. The van der Waals surface area contributed by atoms with Crippen molar-refractivity contribution >= 4 is 15.9 Å². The topological polar surface area (TPSA) is 68.4 Å². The molecule has 2 aromatic rings. The van der Waals surface area contributed by atoms with Crippen molar-refractivity contribution in [2.75, 3.05) is 7.11 Å². The molecule has 6 heteroatoms. The summed E-state index contributed by atoms with van der Waals surface area (Å²) in [6.45, 7) is 0.